The predicted octanol–water partition coefficient (Wildman–Crippen LogP) is 5.12. The normalized spacial score (nSPS) is 10.8. The highest BCUT2D eigenvalue weighted by atomic mass is 16.1. The van der Waals surface area contributed by atoms with E-state index in [0.717, 1.165) is 28.1 Å². The van der Waals surface area contributed by atoms with E-state index in [1.807, 2.05) is 92.7 Å². The lowest BCUT2D eigenvalue weighted by atomic mass is 10.0. The fraction of sp³-hybridized carbons (Fsp3) is 0.0870. The summed E-state index contributed by atoms with van der Waals surface area (Å²) in [5, 5.41) is 3.32. The monoisotopic (exact) mass is 340 g/mol. The van der Waals surface area contributed by atoms with Crippen molar-refractivity contribution in [3.8, 4) is 28.1 Å². The standard InChI is InChI=1S/C23H20N2O/c1-16-8-12-18(13-9-16)21-22(19-6-4-3-5-7-19)24-25(23(21)26)20-14-10-17(2)11-15-20/h3-15,24H,1-2H3. The molecule has 0 radical (unpaired) electrons. The second kappa shape index (κ2) is 6.52. The molecule has 1 N–H and O–H groups in total. The van der Waals surface area contributed by atoms with Crippen LogP contribution in [0.25, 0.3) is 28.1 Å². The molecule has 1 heterocycles. The first-order chi connectivity index (χ1) is 12.6. The highest BCUT2D eigenvalue weighted by Crippen LogP contribution is 2.29. The van der Waals surface area contributed by atoms with Gasteiger partial charge in [-0.05, 0) is 31.5 Å². The van der Waals surface area contributed by atoms with Crippen molar-refractivity contribution in [1.29, 1.82) is 0 Å². The fourth-order valence-corrected chi connectivity index (χ4v) is 3.11. The van der Waals surface area contributed by atoms with Crippen LogP contribution in [0.15, 0.2) is 83.7 Å². The van der Waals surface area contributed by atoms with Crippen LogP contribution in [-0.2, 0) is 0 Å². The van der Waals surface area contributed by atoms with Gasteiger partial charge in [-0.25, -0.2) is 4.68 Å². The van der Waals surface area contributed by atoms with Gasteiger partial charge in [0, 0.05) is 5.56 Å². The molecular formula is C23H20N2O. The van der Waals surface area contributed by atoms with Gasteiger partial charge in [0.05, 0.1) is 16.9 Å². The van der Waals surface area contributed by atoms with Crippen LogP contribution in [0.4, 0.5) is 0 Å². The van der Waals surface area contributed by atoms with Gasteiger partial charge in [-0.2, -0.15) is 0 Å². The van der Waals surface area contributed by atoms with Gasteiger partial charge in [-0.1, -0.05) is 77.9 Å². The molecule has 0 aliphatic heterocycles. The van der Waals surface area contributed by atoms with Crippen LogP contribution >= 0.6 is 0 Å². The van der Waals surface area contributed by atoms with Gasteiger partial charge in [0.1, 0.15) is 0 Å². The summed E-state index contributed by atoms with van der Waals surface area (Å²) in [5.74, 6) is 0. The van der Waals surface area contributed by atoms with Crippen LogP contribution in [0, 0.1) is 13.8 Å². The Morgan fingerprint density at radius 1 is 0.692 bits per heavy atom. The molecule has 0 aliphatic carbocycles. The summed E-state index contributed by atoms with van der Waals surface area (Å²) in [6, 6.07) is 26.0. The van der Waals surface area contributed by atoms with Crippen molar-refractivity contribution in [1.82, 2.24) is 9.78 Å². The number of hydrogen-bond acceptors (Lipinski definition) is 1. The van der Waals surface area contributed by atoms with E-state index in [0.29, 0.717) is 5.56 Å². The first-order valence-corrected chi connectivity index (χ1v) is 8.68. The second-order valence-electron chi connectivity index (χ2n) is 6.57. The topological polar surface area (TPSA) is 37.8 Å². The van der Waals surface area contributed by atoms with Crippen LogP contribution in [0.2, 0.25) is 0 Å². The van der Waals surface area contributed by atoms with Crippen molar-refractivity contribution in [3.05, 3.63) is 100 Å². The average molecular weight is 340 g/mol. The van der Waals surface area contributed by atoms with Gasteiger partial charge >= 0.3 is 0 Å². The first-order valence-electron chi connectivity index (χ1n) is 8.68. The van der Waals surface area contributed by atoms with Crippen molar-refractivity contribution in [2.24, 2.45) is 0 Å². The number of H-pyrrole nitrogens is 1. The third-order valence-corrected chi connectivity index (χ3v) is 4.59. The average Bonchev–Trinajstić information content (AvgIpc) is 3.01. The lowest BCUT2D eigenvalue weighted by Crippen LogP contribution is -2.15. The zero-order valence-electron chi connectivity index (χ0n) is 14.9. The van der Waals surface area contributed by atoms with Gasteiger partial charge in [0.2, 0.25) is 0 Å². The number of aromatic amines is 1. The van der Waals surface area contributed by atoms with Crippen LogP contribution in [-0.4, -0.2) is 9.78 Å². The molecule has 3 nitrogen and oxygen atoms in total. The van der Waals surface area contributed by atoms with Crippen LogP contribution in [0.5, 0.6) is 0 Å². The molecule has 4 rings (SSSR count). The Morgan fingerprint density at radius 3 is 1.88 bits per heavy atom. The third kappa shape index (κ3) is 2.88. The quantitative estimate of drug-likeness (QED) is 0.552. The van der Waals surface area contributed by atoms with E-state index in [-0.39, 0.29) is 5.56 Å². The van der Waals surface area contributed by atoms with Crippen molar-refractivity contribution < 1.29 is 0 Å². The number of nitrogens with zero attached hydrogens (tertiary/aromatic N) is 1. The van der Waals surface area contributed by atoms with Crippen LogP contribution in [0.1, 0.15) is 11.1 Å². The third-order valence-electron chi connectivity index (χ3n) is 4.59. The van der Waals surface area contributed by atoms with Crippen LogP contribution in [0.3, 0.4) is 0 Å². The number of aromatic nitrogens is 2. The lowest BCUT2D eigenvalue weighted by Gasteiger charge is -2.03. The summed E-state index contributed by atoms with van der Waals surface area (Å²) < 4.78 is 1.62. The molecule has 0 bridgehead atoms. The molecule has 0 saturated carbocycles. The second-order valence-corrected chi connectivity index (χ2v) is 6.57. The van der Waals surface area contributed by atoms with Crippen molar-refractivity contribution in [2.75, 3.05) is 0 Å². The highest BCUT2D eigenvalue weighted by molar-refractivity contribution is 5.80. The van der Waals surface area contributed by atoms with Crippen molar-refractivity contribution >= 4 is 0 Å². The molecule has 0 fully saturated rings. The molecule has 3 aromatic carbocycles. The van der Waals surface area contributed by atoms with Gasteiger partial charge < -0.3 is 0 Å². The summed E-state index contributed by atoms with van der Waals surface area (Å²) in [5.41, 5.74) is 6.55. The summed E-state index contributed by atoms with van der Waals surface area (Å²) in [7, 11) is 0. The summed E-state index contributed by atoms with van der Waals surface area (Å²) in [4.78, 5) is 13.3. The maximum absolute atomic E-state index is 13.3. The smallest absolute Gasteiger partial charge is 0.279 e. The summed E-state index contributed by atoms with van der Waals surface area (Å²) >= 11 is 0. The minimum Gasteiger partial charge on any atom is -0.290 e. The van der Waals surface area contributed by atoms with Gasteiger partial charge in [0.25, 0.3) is 5.56 Å². The van der Waals surface area contributed by atoms with Gasteiger partial charge in [-0.3, -0.25) is 9.89 Å². The lowest BCUT2D eigenvalue weighted by molar-refractivity contribution is 0.852. The molecular weight excluding hydrogens is 320 g/mol. The van der Waals surface area contributed by atoms with E-state index in [1.165, 1.54) is 5.56 Å². The molecule has 0 unspecified atom stereocenters. The Morgan fingerprint density at radius 2 is 1.27 bits per heavy atom. The molecule has 0 atom stereocenters. The molecule has 4 aromatic rings. The Bertz CT molecular complexity index is 1090. The largest absolute Gasteiger partial charge is 0.290 e. The van der Waals surface area contributed by atoms with Crippen LogP contribution < -0.4 is 5.56 Å². The molecule has 128 valence electrons. The molecule has 0 spiro atoms. The minimum atomic E-state index is -0.0449. The van der Waals surface area contributed by atoms with E-state index < -0.39 is 0 Å². The van der Waals surface area contributed by atoms with Crippen molar-refractivity contribution in [3.63, 3.8) is 0 Å². The molecule has 1 aromatic heterocycles. The number of benzene rings is 3. The zero-order valence-corrected chi connectivity index (χ0v) is 14.9. The zero-order chi connectivity index (χ0) is 18.1. The van der Waals surface area contributed by atoms with Crippen molar-refractivity contribution in [2.45, 2.75) is 13.8 Å². The predicted molar refractivity (Wildman–Crippen MR) is 107 cm³/mol. The molecule has 0 aliphatic rings. The van der Waals surface area contributed by atoms with E-state index in [4.69, 9.17) is 0 Å². The number of aryl methyl sites for hydroxylation is 2. The molecule has 0 amide bonds. The van der Waals surface area contributed by atoms with E-state index >= 15 is 0 Å². The van der Waals surface area contributed by atoms with Gasteiger partial charge in [0.15, 0.2) is 0 Å². The van der Waals surface area contributed by atoms with Gasteiger partial charge in [-0.15, -0.1) is 0 Å². The van der Waals surface area contributed by atoms with E-state index in [1.54, 1.807) is 4.68 Å². The fourth-order valence-electron chi connectivity index (χ4n) is 3.11. The Balaban J connectivity index is 1.97. The first kappa shape index (κ1) is 16.2. The Hall–Kier alpha value is -3.33. The summed E-state index contributed by atoms with van der Waals surface area (Å²) in [6.45, 7) is 4.08. The minimum absolute atomic E-state index is 0.0449. The van der Waals surface area contributed by atoms with E-state index in [9.17, 15) is 4.79 Å². The Labute approximate surface area is 152 Å². The maximum atomic E-state index is 13.3. The highest BCUT2D eigenvalue weighted by Gasteiger charge is 2.18. The number of hydrogen-bond donors (Lipinski definition) is 1. The maximum Gasteiger partial charge on any atom is 0.279 e. The van der Waals surface area contributed by atoms with E-state index in [2.05, 4.69) is 5.10 Å². The SMILES string of the molecule is Cc1ccc(-c2c(-c3ccccc3)[nH]n(-c3ccc(C)cc3)c2=O)cc1. The summed E-state index contributed by atoms with van der Waals surface area (Å²) in [6.07, 6.45) is 0. The number of nitrogens with one attached hydrogen (secondary N) is 1. The molecule has 0 saturated heterocycles. The number of rotatable bonds is 3. The molecule has 3 heteroatoms. The Kier molecular flexibility index (Phi) is 4.05. The molecule has 26 heavy (non-hydrogen) atoms.